The molecule has 0 saturated heterocycles. The van der Waals surface area contributed by atoms with E-state index in [2.05, 4.69) is 9.97 Å². The van der Waals surface area contributed by atoms with Crippen molar-refractivity contribution >= 4 is 11.8 Å². The fourth-order valence-corrected chi connectivity index (χ4v) is 3.41. The molecule has 30 heavy (non-hydrogen) atoms. The molecule has 8 heteroatoms. The van der Waals surface area contributed by atoms with E-state index in [1.54, 1.807) is 41.5 Å². The summed E-state index contributed by atoms with van der Waals surface area (Å²) in [6.07, 6.45) is 4.69. The third-order valence-electron chi connectivity index (χ3n) is 5.51. The second kappa shape index (κ2) is 9.21. The molecule has 0 unspecified atom stereocenters. The Kier molecular flexibility index (Phi) is 6.66. The number of carbonyl (C=O) groups excluding carboxylic acids is 2. The summed E-state index contributed by atoms with van der Waals surface area (Å²) in [6, 6.07) is 5.10. The van der Waals surface area contributed by atoms with Crippen LogP contribution in [0.25, 0.3) is 11.1 Å². The number of rotatable bonds is 5. The molecule has 0 bridgehead atoms. The van der Waals surface area contributed by atoms with E-state index in [0.717, 1.165) is 11.1 Å². The van der Waals surface area contributed by atoms with Gasteiger partial charge in [-0.15, -0.1) is 0 Å². The Morgan fingerprint density at radius 1 is 1.40 bits per heavy atom. The average molecular weight is 412 g/mol. The molecule has 1 aliphatic heterocycles. The Labute approximate surface area is 176 Å². The molecule has 3 atom stereocenters. The van der Waals surface area contributed by atoms with Crippen LogP contribution in [0.1, 0.15) is 31.1 Å². The smallest absolute Gasteiger partial charge is 0.259 e. The van der Waals surface area contributed by atoms with Crippen LogP contribution >= 0.6 is 0 Å². The van der Waals surface area contributed by atoms with Crippen LogP contribution in [-0.2, 0) is 4.79 Å². The summed E-state index contributed by atoms with van der Waals surface area (Å²) in [5, 5.41) is 9.72. The van der Waals surface area contributed by atoms with Gasteiger partial charge in [0.1, 0.15) is 11.7 Å². The molecule has 160 valence electrons. The van der Waals surface area contributed by atoms with E-state index >= 15 is 0 Å². The number of amides is 2. The number of nitrogens with zero attached hydrogens (tertiary/aromatic N) is 4. The van der Waals surface area contributed by atoms with E-state index in [4.69, 9.17) is 4.74 Å². The molecule has 0 aromatic carbocycles. The van der Waals surface area contributed by atoms with Crippen molar-refractivity contribution in [1.82, 2.24) is 19.8 Å². The third kappa shape index (κ3) is 4.59. The van der Waals surface area contributed by atoms with Gasteiger partial charge in [-0.2, -0.15) is 0 Å². The van der Waals surface area contributed by atoms with Gasteiger partial charge >= 0.3 is 0 Å². The number of likely N-dealkylation sites (N-methyl/N-ethyl adjacent to an activating group) is 1. The van der Waals surface area contributed by atoms with Crippen LogP contribution in [0.2, 0.25) is 0 Å². The van der Waals surface area contributed by atoms with Crippen molar-refractivity contribution in [3.8, 4) is 17.0 Å². The number of ether oxygens (including phenoxy) is 1. The summed E-state index contributed by atoms with van der Waals surface area (Å²) in [7, 11) is 1.72. The summed E-state index contributed by atoms with van der Waals surface area (Å²) < 4.78 is 6.16. The van der Waals surface area contributed by atoms with E-state index in [0.29, 0.717) is 18.7 Å². The minimum Gasteiger partial charge on any atom is -0.472 e. The summed E-state index contributed by atoms with van der Waals surface area (Å²) in [6.45, 7) is 5.90. The normalized spacial score (nSPS) is 19.9. The van der Waals surface area contributed by atoms with Crippen molar-refractivity contribution in [3.05, 3.63) is 42.4 Å². The van der Waals surface area contributed by atoms with Crippen LogP contribution in [0.15, 0.2) is 36.8 Å². The van der Waals surface area contributed by atoms with Crippen molar-refractivity contribution in [2.45, 2.75) is 32.9 Å². The van der Waals surface area contributed by atoms with Gasteiger partial charge < -0.3 is 19.6 Å². The Morgan fingerprint density at radius 3 is 2.80 bits per heavy atom. The number of aliphatic hydroxyl groups is 1. The molecular weight excluding hydrogens is 384 g/mol. The lowest BCUT2D eigenvalue weighted by atomic mass is 9.99. The van der Waals surface area contributed by atoms with Gasteiger partial charge in [0.15, 0.2) is 0 Å². The fourth-order valence-electron chi connectivity index (χ4n) is 3.41. The second-order valence-electron chi connectivity index (χ2n) is 7.84. The van der Waals surface area contributed by atoms with Crippen molar-refractivity contribution < 1.29 is 19.4 Å². The first kappa shape index (κ1) is 21.7. The molecule has 0 radical (unpaired) electrons. The van der Waals surface area contributed by atoms with Crippen LogP contribution in [0.3, 0.4) is 0 Å². The lowest BCUT2D eigenvalue weighted by Crippen LogP contribution is -2.50. The molecule has 2 aromatic rings. The SMILES string of the molecule is CC(=O)N(C)C[C@@H]1Oc2ncc(-c3cccnc3)cc2C(=O)N([C@H](C)CO)C[C@@H]1C. The predicted molar refractivity (Wildman–Crippen MR) is 112 cm³/mol. The molecule has 3 rings (SSSR count). The highest BCUT2D eigenvalue weighted by atomic mass is 16.5. The average Bonchev–Trinajstić information content (AvgIpc) is 2.75. The van der Waals surface area contributed by atoms with Crippen molar-refractivity contribution in [2.75, 3.05) is 26.7 Å². The zero-order chi connectivity index (χ0) is 21.8. The van der Waals surface area contributed by atoms with Crippen molar-refractivity contribution in [3.63, 3.8) is 0 Å². The van der Waals surface area contributed by atoms with Gasteiger partial charge in [-0.05, 0) is 19.1 Å². The maximum Gasteiger partial charge on any atom is 0.259 e. The van der Waals surface area contributed by atoms with Crippen LogP contribution in [0.4, 0.5) is 0 Å². The molecule has 2 amide bonds. The highest BCUT2D eigenvalue weighted by molar-refractivity contribution is 5.98. The van der Waals surface area contributed by atoms with Crippen molar-refractivity contribution in [2.24, 2.45) is 5.92 Å². The van der Waals surface area contributed by atoms with E-state index in [-0.39, 0.29) is 42.4 Å². The lowest BCUT2D eigenvalue weighted by molar-refractivity contribution is -0.129. The van der Waals surface area contributed by atoms with Crippen molar-refractivity contribution in [1.29, 1.82) is 0 Å². The highest BCUT2D eigenvalue weighted by Gasteiger charge is 2.34. The number of pyridine rings is 2. The number of fused-ring (bicyclic) bond motifs is 1. The zero-order valence-corrected chi connectivity index (χ0v) is 17.8. The van der Waals surface area contributed by atoms with E-state index in [1.165, 1.54) is 6.92 Å². The van der Waals surface area contributed by atoms with Gasteiger partial charge in [-0.25, -0.2) is 4.98 Å². The highest BCUT2D eigenvalue weighted by Crippen LogP contribution is 2.30. The Hall–Kier alpha value is -3.00. The molecule has 0 saturated carbocycles. The quantitative estimate of drug-likeness (QED) is 0.805. The topological polar surface area (TPSA) is 95.9 Å². The summed E-state index contributed by atoms with van der Waals surface area (Å²) in [4.78, 5) is 36.9. The summed E-state index contributed by atoms with van der Waals surface area (Å²) >= 11 is 0. The molecule has 0 aliphatic carbocycles. The first-order chi connectivity index (χ1) is 14.3. The maximum atomic E-state index is 13.4. The molecule has 1 N–H and O–H groups in total. The van der Waals surface area contributed by atoms with Crippen LogP contribution in [-0.4, -0.2) is 75.6 Å². The Bertz CT molecular complexity index is 905. The summed E-state index contributed by atoms with van der Waals surface area (Å²) in [5.74, 6) is -0.145. The number of carbonyl (C=O) groups is 2. The van der Waals surface area contributed by atoms with E-state index in [9.17, 15) is 14.7 Å². The molecule has 2 aromatic heterocycles. The molecule has 0 spiro atoms. The van der Waals surface area contributed by atoms with Crippen LogP contribution in [0.5, 0.6) is 5.88 Å². The van der Waals surface area contributed by atoms with Gasteiger partial charge in [0.2, 0.25) is 11.8 Å². The fraction of sp³-hybridized carbons (Fsp3) is 0.455. The molecular formula is C22H28N4O4. The molecule has 1 aliphatic rings. The van der Waals surface area contributed by atoms with E-state index < -0.39 is 0 Å². The Morgan fingerprint density at radius 2 is 2.17 bits per heavy atom. The van der Waals surface area contributed by atoms with Gasteiger partial charge in [0, 0.05) is 56.2 Å². The predicted octanol–water partition coefficient (Wildman–Crippen LogP) is 1.84. The molecule has 8 nitrogen and oxygen atoms in total. The number of aromatic nitrogens is 2. The minimum atomic E-state index is -0.362. The van der Waals surface area contributed by atoms with Crippen LogP contribution < -0.4 is 4.74 Å². The standard InChI is InChI=1S/C22H28N4O4/c1-14-11-26(15(2)13-27)22(29)19-8-18(17-6-5-7-23-9-17)10-24-21(19)30-20(14)12-25(4)16(3)28/h5-10,14-15,20,27H,11-13H2,1-4H3/t14-,15+,20-/m0/s1. The van der Waals surface area contributed by atoms with Gasteiger partial charge in [0.25, 0.3) is 5.91 Å². The number of aliphatic hydroxyl groups excluding tert-OH is 1. The largest absolute Gasteiger partial charge is 0.472 e. The zero-order valence-electron chi connectivity index (χ0n) is 17.8. The molecule has 3 heterocycles. The third-order valence-corrected chi connectivity index (χ3v) is 5.51. The monoisotopic (exact) mass is 412 g/mol. The minimum absolute atomic E-state index is 0.0652. The summed E-state index contributed by atoms with van der Waals surface area (Å²) in [5.41, 5.74) is 1.92. The lowest BCUT2D eigenvalue weighted by Gasteiger charge is -2.37. The number of hydrogen-bond donors (Lipinski definition) is 1. The van der Waals surface area contributed by atoms with E-state index in [1.807, 2.05) is 26.0 Å². The number of hydrogen-bond acceptors (Lipinski definition) is 6. The molecule has 0 fully saturated rings. The van der Waals surface area contributed by atoms with Crippen LogP contribution in [0, 0.1) is 5.92 Å². The van der Waals surface area contributed by atoms with Gasteiger partial charge in [-0.1, -0.05) is 13.0 Å². The first-order valence-corrected chi connectivity index (χ1v) is 10.0. The maximum absolute atomic E-state index is 13.4. The first-order valence-electron chi connectivity index (χ1n) is 10.0. The van der Waals surface area contributed by atoms with Gasteiger partial charge in [-0.3, -0.25) is 14.6 Å². The second-order valence-corrected chi connectivity index (χ2v) is 7.84. The van der Waals surface area contributed by atoms with Gasteiger partial charge in [0.05, 0.1) is 19.2 Å². The Balaban J connectivity index is 2.05.